The summed E-state index contributed by atoms with van der Waals surface area (Å²) in [6.45, 7) is -1.36. The first-order valence-corrected chi connectivity index (χ1v) is 5.85. The number of halogens is 3. The number of ether oxygens (including phenoxy) is 1. The minimum absolute atomic E-state index is 0.0822. The summed E-state index contributed by atoms with van der Waals surface area (Å²) in [7, 11) is 0. The van der Waals surface area contributed by atoms with Gasteiger partial charge in [0.25, 0.3) is 0 Å². The van der Waals surface area contributed by atoms with Gasteiger partial charge in [0.05, 0.1) is 11.8 Å². The summed E-state index contributed by atoms with van der Waals surface area (Å²) in [5.41, 5.74) is -0.0822. The molecule has 3 N–H and O–H groups in total. The Balaban J connectivity index is 2.64. The van der Waals surface area contributed by atoms with Crippen molar-refractivity contribution in [1.29, 1.82) is 0 Å². The SMILES string of the molecule is CC(O)CCNC(=O)Nc1ccc(F)cc1OC(F)F. The number of amides is 2. The fraction of sp³-hybridized carbons (Fsp3) is 0.417. The average molecular weight is 292 g/mol. The summed E-state index contributed by atoms with van der Waals surface area (Å²) in [6, 6.07) is 2.19. The number of aliphatic hydroxyl groups is 1. The quantitative estimate of drug-likeness (QED) is 0.753. The maximum atomic E-state index is 12.9. The average Bonchev–Trinajstić information content (AvgIpc) is 2.31. The predicted molar refractivity (Wildman–Crippen MR) is 66.4 cm³/mol. The summed E-state index contributed by atoms with van der Waals surface area (Å²) in [5.74, 6) is -1.23. The second-order valence-electron chi connectivity index (χ2n) is 4.04. The van der Waals surface area contributed by atoms with E-state index in [2.05, 4.69) is 15.4 Å². The van der Waals surface area contributed by atoms with Gasteiger partial charge in [-0.2, -0.15) is 8.78 Å². The maximum absolute atomic E-state index is 12.9. The minimum Gasteiger partial charge on any atom is -0.432 e. The van der Waals surface area contributed by atoms with Gasteiger partial charge in [-0.15, -0.1) is 0 Å². The number of hydrogen-bond donors (Lipinski definition) is 3. The van der Waals surface area contributed by atoms with E-state index in [-0.39, 0.29) is 12.2 Å². The Morgan fingerprint density at radius 3 is 2.75 bits per heavy atom. The number of nitrogens with one attached hydrogen (secondary N) is 2. The zero-order valence-electron chi connectivity index (χ0n) is 10.7. The smallest absolute Gasteiger partial charge is 0.387 e. The monoisotopic (exact) mass is 292 g/mol. The maximum Gasteiger partial charge on any atom is 0.387 e. The van der Waals surface area contributed by atoms with Crippen molar-refractivity contribution in [2.75, 3.05) is 11.9 Å². The van der Waals surface area contributed by atoms with Gasteiger partial charge in [-0.05, 0) is 25.5 Å². The lowest BCUT2D eigenvalue weighted by Crippen LogP contribution is -2.31. The van der Waals surface area contributed by atoms with Crippen LogP contribution < -0.4 is 15.4 Å². The molecule has 0 radical (unpaired) electrons. The van der Waals surface area contributed by atoms with Crippen LogP contribution in [0.25, 0.3) is 0 Å². The van der Waals surface area contributed by atoms with E-state index in [1.165, 1.54) is 0 Å². The first-order valence-electron chi connectivity index (χ1n) is 5.85. The molecule has 112 valence electrons. The third-order valence-electron chi connectivity index (χ3n) is 2.26. The van der Waals surface area contributed by atoms with Crippen molar-refractivity contribution in [3.8, 4) is 5.75 Å². The molecule has 1 rings (SSSR count). The molecule has 0 aromatic heterocycles. The number of benzene rings is 1. The number of hydrogen-bond acceptors (Lipinski definition) is 3. The van der Waals surface area contributed by atoms with Crippen LogP contribution in [0.3, 0.4) is 0 Å². The van der Waals surface area contributed by atoms with E-state index in [4.69, 9.17) is 5.11 Å². The number of carbonyl (C=O) groups excluding carboxylic acids is 1. The predicted octanol–water partition coefficient (Wildman–Crippen LogP) is 2.32. The number of rotatable bonds is 6. The van der Waals surface area contributed by atoms with Crippen molar-refractivity contribution >= 4 is 11.7 Å². The van der Waals surface area contributed by atoms with Gasteiger partial charge in [-0.3, -0.25) is 0 Å². The van der Waals surface area contributed by atoms with E-state index in [1.807, 2.05) is 0 Å². The second-order valence-corrected chi connectivity index (χ2v) is 4.04. The molecule has 1 unspecified atom stereocenters. The van der Waals surface area contributed by atoms with Gasteiger partial charge in [0.1, 0.15) is 5.82 Å². The van der Waals surface area contributed by atoms with Gasteiger partial charge in [-0.25, -0.2) is 9.18 Å². The molecule has 0 aliphatic rings. The molecule has 1 aromatic carbocycles. The Kier molecular flexibility index (Phi) is 6.10. The van der Waals surface area contributed by atoms with Gasteiger partial charge >= 0.3 is 12.6 Å². The molecular formula is C12H15F3N2O3. The first-order chi connectivity index (χ1) is 9.38. The normalized spacial score (nSPS) is 12.1. The molecule has 1 atom stereocenters. The summed E-state index contributed by atoms with van der Waals surface area (Å²) in [5, 5.41) is 13.7. The highest BCUT2D eigenvalue weighted by atomic mass is 19.3. The van der Waals surface area contributed by atoms with Crippen LogP contribution in [0.2, 0.25) is 0 Å². The van der Waals surface area contributed by atoms with Crippen molar-refractivity contribution in [2.24, 2.45) is 0 Å². The van der Waals surface area contributed by atoms with E-state index in [9.17, 15) is 18.0 Å². The van der Waals surface area contributed by atoms with Crippen molar-refractivity contribution in [3.63, 3.8) is 0 Å². The van der Waals surface area contributed by atoms with Gasteiger partial charge in [-0.1, -0.05) is 0 Å². The Bertz CT molecular complexity index is 456. The fourth-order valence-electron chi connectivity index (χ4n) is 1.35. The number of aliphatic hydroxyl groups excluding tert-OH is 1. The van der Waals surface area contributed by atoms with Gasteiger partial charge in [0.2, 0.25) is 0 Å². The molecule has 8 heteroatoms. The van der Waals surface area contributed by atoms with Crippen LogP contribution in [0, 0.1) is 5.82 Å². The van der Waals surface area contributed by atoms with Gasteiger partial charge in [0, 0.05) is 12.6 Å². The second kappa shape index (κ2) is 7.59. The van der Waals surface area contributed by atoms with Crippen LogP contribution in [0.1, 0.15) is 13.3 Å². The van der Waals surface area contributed by atoms with Gasteiger partial charge in [0.15, 0.2) is 5.75 Å². The first kappa shape index (κ1) is 16.1. The molecule has 0 spiro atoms. The third-order valence-corrected chi connectivity index (χ3v) is 2.26. The van der Waals surface area contributed by atoms with Crippen molar-refractivity contribution in [2.45, 2.75) is 26.1 Å². The minimum atomic E-state index is -3.13. The highest BCUT2D eigenvalue weighted by Gasteiger charge is 2.13. The number of alkyl halides is 2. The zero-order valence-corrected chi connectivity index (χ0v) is 10.7. The molecule has 0 aliphatic carbocycles. The van der Waals surface area contributed by atoms with Crippen LogP contribution in [-0.4, -0.2) is 30.4 Å². The highest BCUT2D eigenvalue weighted by molar-refractivity contribution is 5.90. The molecule has 0 saturated heterocycles. The lowest BCUT2D eigenvalue weighted by molar-refractivity contribution is -0.0495. The Labute approximate surface area is 113 Å². The molecule has 0 heterocycles. The van der Waals surface area contributed by atoms with E-state index in [0.717, 1.165) is 18.2 Å². The zero-order chi connectivity index (χ0) is 15.1. The fourth-order valence-corrected chi connectivity index (χ4v) is 1.35. The molecule has 0 bridgehead atoms. The van der Waals surface area contributed by atoms with Crippen molar-refractivity contribution in [3.05, 3.63) is 24.0 Å². The summed E-state index contributed by atoms with van der Waals surface area (Å²) >= 11 is 0. The molecule has 1 aromatic rings. The molecule has 20 heavy (non-hydrogen) atoms. The van der Waals surface area contributed by atoms with Crippen LogP contribution in [0.5, 0.6) is 5.75 Å². The van der Waals surface area contributed by atoms with E-state index < -0.39 is 30.3 Å². The summed E-state index contributed by atoms with van der Waals surface area (Å²) < 4.78 is 41.4. The summed E-state index contributed by atoms with van der Waals surface area (Å²) in [4.78, 5) is 11.5. The molecule has 0 fully saturated rings. The van der Waals surface area contributed by atoms with Crippen LogP contribution in [0.4, 0.5) is 23.7 Å². The third kappa shape index (κ3) is 5.79. The number of anilines is 1. The van der Waals surface area contributed by atoms with Crippen molar-refractivity contribution in [1.82, 2.24) is 5.32 Å². The molecule has 5 nitrogen and oxygen atoms in total. The molecule has 0 saturated carbocycles. The van der Waals surface area contributed by atoms with Crippen molar-refractivity contribution < 1.29 is 27.8 Å². The highest BCUT2D eigenvalue weighted by Crippen LogP contribution is 2.26. The standard InChI is InChI=1S/C12H15F3N2O3/c1-7(18)4-5-16-12(19)17-9-3-2-8(13)6-10(9)20-11(14)15/h2-3,6-7,11,18H,4-5H2,1H3,(H2,16,17,19). The number of urea groups is 1. The van der Waals surface area contributed by atoms with Crippen LogP contribution >= 0.6 is 0 Å². The topological polar surface area (TPSA) is 70.6 Å². The lowest BCUT2D eigenvalue weighted by atomic mass is 10.3. The Morgan fingerprint density at radius 1 is 1.45 bits per heavy atom. The van der Waals surface area contributed by atoms with E-state index in [1.54, 1.807) is 6.92 Å². The summed E-state index contributed by atoms with van der Waals surface area (Å²) in [6.07, 6.45) is -0.226. The van der Waals surface area contributed by atoms with Gasteiger partial charge < -0.3 is 20.5 Å². The van der Waals surface area contributed by atoms with Crippen LogP contribution in [0.15, 0.2) is 18.2 Å². The largest absolute Gasteiger partial charge is 0.432 e. The van der Waals surface area contributed by atoms with E-state index >= 15 is 0 Å². The molecule has 2 amide bonds. The van der Waals surface area contributed by atoms with Crippen LogP contribution in [-0.2, 0) is 0 Å². The number of carbonyl (C=O) groups is 1. The Hall–Kier alpha value is -1.96. The van der Waals surface area contributed by atoms with E-state index in [0.29, 0.717) is 6.42 Å². The molecule has 0 aliphatic heterocycles. The lowest BCUT2D eigenvalue weighted by Gasteiger charge is -2.13. The Morgan fingerprint density at radius 2 is 2.15 bits per heavy atom. The molecular weight excluding hydrogens is 277 g/mol.